The van der Waals surface area contributed by atoms with Crippen molar-refractivity contribution in [2.45, 2.75) is 50.6 Å². The molecular weight excluding hydrogens is 328 g/mol. The zero-order chi connectivity index (χ0) is 16.6. The summed E-state index contributed by atoms with van der Waals surface area (Å²) in [5.74, 6) is 1.23. The third kappa shape index (κ3) is 3.55. The van der Waals surface area contributed by atoms with E-state index in [1.807, 2.05) is 32.4 Å². The van der Waals surface area contributed by atoms with E-state index in [9.17, 15) is 4.79 Å². The summed E-state index contributed by atoms with van der Waals surface area (Å²) in [5.41, 5.74) is 2.23. The Morgan fingerprint density at radius 3 is 2.65 bits per heavy atom. The molecule has 1 fully saturated rings. The number of nitrogens with zero attached hydrogens (tertiary/aromatic N) is 3. The first-order chi connectivity index (χ1) is 11.0. The highest BCUT2D eigenvalue weighted by atomic mass is 32.2. The van der Waals surface area contributed by atoms with E-state index in [1.54, 1.807) is 11.3 Å². The third-order valence-electron chi connectivity index (χ3n) is 3.86. The molecule has 1 aliphatic carbocycles. The van der Waals surface area contributed by atoms with Crippen LogP contribution in [0.1, 0.15) is 64.3 Å². The normalized spacial score (nSPS) is 15.5. The summed E-state index contributed by atoms with van der Waals surface area (Å²) in [6, 6.07) is -0.135. The van der Waals surface area contributed by atoms with E-state index in [0.29, 0.717) is 11.5 Å². The molecule has 0 spiro atoms. The molecule has 1 N–H and O–H groups in total. The van der Waals surface area contributed by atoms with Gasteiger partial charge in [0.2, 0.25) is 0 Å². The summed E-state index contributed by atoms with van der Waals surface area (Å²) >= 11 is 3.09. The Hall–Kier alpha value is -1.47. The number of amides is 1. The summed E-state index contributed by atoms with van der Waals surface area (Å²) in [6.07, 6.45) is 4.25. The molecule has 3 rings (SSSR count). The van der Waals surface area contributed by atoms with E-state index in [1.165, 1.54) is 11.8 Å². The average Bonchev–Trinajstić information content (AvgIpc) is 3.27. The number of nitrogens with one attached hydrogen (secondary N) is 1. The minimum absolute atomic E-state index is 0.132. The summed E-state index contributed by atoms with van der Waals surface area (Å²) < 4.78 is 0. The number of aryl methyl sites for hydroxylation is 2. The molecule has 1 unspecified atom stereocenters. The van der Waals surface area contributed by atoms with Crippen LogP contribution in [0.15, 0.2) is 10.4 Å². The Labute approximate surface area is 144 Å². The Kier molecular flexibility index (Phi) is 4.68. The van der Waals surface area contributed by atoms with Crippen molar-refractivity contribution >= 4 is 29.0 Å². The van der Waals surface area contributed by atoms with Crippen molar-refractivity contribution in [2.24, 2.45) is 0 Å². The van der Waals surface area contributed by atoms with Gasteiger partial charge < -0.3 is 5.32 Å². The van der Waals surface area contributed by atoms with Crippen LogP contribution in [0.4, 0.5) is 0 Å². The van der Waals surface area contributed by atoms with Gasteiger partial charge in [-0.2, -0.15) is 0 Å². The van der Waals surface area contributed by atoms with Crippen molar-refractivity contribution in [1.82, 2.24) is 20.3 Å². The van der Waals surface area contributed by atoms with Crippen molar-refractivity contribution in [3.8, 4) is 0 Å². The van der Waals surface area contributed by atoms with Gasteiger partial charge in [-0.3, -0.25) is 4.79 Å². The minimum atomic E-state index is -0.135. The molecule has 0 saturated heterocycles. The lowest BCUT2D eigenvalue weighted by atomic mass is 10.2. The first kappa shape index (κ1) is 16.4. The molecule has 0 bridgehead atoms. The highest BCUT2D eigenvalue weighted by Gasteiger charge is 2.29. The largest absolute Gasteiger partial charge is 0.344 e. The van der Waals surface area contributed by atoms with E-state index in [4.69, 9.17) is 0 Å². The first-order valence-corrected chi connectivity index (χ1v) is 9.75. The van der Waals surface area contributed by atoms with E-state index in [2.05, 4.69) is 20.3 Å². The number of hydrogen-bond acceptors (Lipinski definition) is 6. The maximum Gasteiger partial charge on any atom is 0.256 e. The minimum Gasteiger partial charge on any atom is -0.344 e. The molecule has 0 aliphatic heterocycles. The second-order valence-electron chi connectivity index (χ2n) is 5.81. The number of hydrogen-bond donors (Lipinski definition) is 1. The first-order valence-electron chi connectivity index (χ1n) is 7.65. The Balaban J connectivity index is 1.83. The number of carbonyl (C=O) groups excluding carboxylic acids is 1. The molecule has 1 amide bonds. The topological polar surface area (TPSA) is 67.8 Å². The maximum atomic E-state index is 12.7. The molecule has 0 radical (unpaired) electrons. The van der Waals surface area contributed by atoms with Gasteiger partial charge in [0.1, 0.15) is 10.9 Å². The van der Waals surface area contributed by atoms with Crippen molar-refractivity contribution in [3.05, 3.63) is 33.2 Å². The van der Waals surface area contributed by atoms with Crippen LogP contribution in [-0.4, -0.2) is 27.1 Å². The van der Waals surface area contributed by atoms with E-state index in [-0.39, 0.29) is 11.9 Å². The molecule has 2 aromatic heterocycles. The zero-order valence-corrected chi connectivity index (χ0v) is 15.3. The molecule has 122 valence electrons. The molecule has 1 aliphatic rings. The molecular formula is C16H20N4OS2. The van der Waals surface area contributed by atoms with Gasteiger partial charge in [0.15, 0.2) is 0 Å². The van der Waals surface area contributed by atoms with Gasteiger partial charge in [0.25, 0.3) is 5.91 Å². The van der Waals surface area contributed by atoms with E-state index in [0.717, 1.165) is 40.1 Å². The van der Waals surface area contributed by atoms with Crippen molar-refractivity contribution in [2.75, 3.05) is 6.26 Å². The van der Waals surface area contributed by atoms with Crippen molar-refractivity contribution in [3.63, 3.8) is 0 Å². The lowest BCUT2D eigenvalue weighted by molar-refractivity contribution is 0.0934. The number of rotatable bonds is 5. The predicted molar refractivity (Wildman–Crippen MR) is 93.3 cm³/mol. The van der Waals surface area contributed by atoms with Crippen LogP contribution >= 0.6 is 23.1 Å². The molecule has 1 saturated carbocycles. The molecule has 1 atom stereocenters. The summed E-state index contributed by atoms with van der Waals surface area (Å²) in [7, 11) is 0. The van der Waals surface area contributed by atoms with Crippen LogP contribution in [0.25, 0.3) is 0 Å². The molecule has 23 heavy (non-hydrogen) atoms. The van der Waals surface area contributed by atoms with Gasteiger partial charge in [0, 0.05) is 11.3 Å². The van der Waals surface area contributed by atoms with Gasteiger partial charge in [-0.05, 0) is 39.9 Å². The van der Waals surface area contributed by atoms with Gasteiger partial charge in [-0.1, -0.05) is 0 Å². The second-order valence-corrected chi connectivity index (χ2v) is 7.67. The SMILES string of the molecule is CSc1nc(C2CC2)nc(C)c1C(=O)NC(C)c1csc(C)n1. The van der Waals surface area contributed by atoms with Crippen LogP contribution < -0.4 is 5.32 Å². The predicted octanol–water partition coefficient (Wildman–Crippen LogP) is 3.64. The highest BCUT2D eigenvalue weighted by molar-refractivity contribution is 7.98. The quantitative estimate of drug-likeness (QED) is 0.660. The zero-order valence-electron chi connectivity index (χ0n) is 13.7. The monoisotopic (exact) mass is 348 g/mol. The molecule has 2 heterocycles. The average molecular weight is 348 g/mol. The van der Waals surface area contributed by atoms with Crippen molar-refractivity contribution < 1.29 is 4.79 Å². The molecule has 7 heteroatoms. The van der Waals surface area contributed by atoms with Crippen LogP contribution in [0.5, 0.6) is 0 Å². The van der Waals surface area contributed by atoms with Gasteiger partial charge in [-0.15, -0.1) is 23.1 Å². The summed E-state index contributed by atoms with van der Waals surface area (Å²) in [5, 5.41) is 6.76. The second kappa shape index (κ2) is 6.57. The highest BCUT2D eigenvalue weighted by Crippen LogP contribution is 2.39. The molecule has 0 aromatic carbocycles. The standard InChI is InChI=1S/C16H20N4OS2/c1-8(12-7-23-10(3)19-12)18-15(21)13-9(2)17-14(11-5-6-11)20-16(13)22-4/h7-8,11H,5-6H2,1-4H3,(H,18,21). The van der Waals surface area contributed by atoms with Crippen LogP contribution in [-0.2, 0) is 0 Å². The van der Waals surface area contributed by atoms with Crippen LogP contribution in [0.2, 0.25) is 0 Å². The van der Waals surface area contributed by atoms with Gasteiger partial charge >= 0.3 is 0 Å². The Morgan fingerprint density at radius 2 is 2.09 bits per heavy atom. The third-order valence-corrected chi connectivity index (χ3v) is 5.34. The number of aromatic nitrogens is 3. The fraction of sp³-hybridized carbons (Fsp3) is 0.500. The Bertz CT molecular complexity index is 740. The fourth-order valence-electron chi connectivity index (χ4n) is 2.42. The maximum absolute atomic E-state index is 12.7. The number of thioether (sulfide) groups is 1. The van der Waals surface area contributed by atoms with Crippen LogP contribution in [0.3, 0.4) is 0 Å². The molecule has 5 nitrogen and oxygen atoms in total. The number of thiazole rings is 1. The fourth-order valence-corrected chi connectivity index (χ4v) is 3.76. The lowest BCUT2D eigenvalue weighted by Gasteiger charge is -2.15. The van der Waals surface area contributed by atoms with Gasteiger partial charge in [-0.25, -0.2) is 15.0 Å². The molecule has 2 aromatic rings. The smallest absolute Gasteiger partial charge is 0.256 e. The van der Waals surface area contributed by atoms with E-state index < -0.39 is 0 Å². The van der Waals surface area contributed by atoms with Crippen LogP contribution in [0, 0.1) is 13.8 Å². The van der Waals surface area contributed by atoms with E-state index >= 15 is 0 Å². The Morgan fingerprint density at radius 1 is 1.35 bits per heavy atom. The van der Waals surface area contributed by atoms with Crippen molar-refractivity contribution in [1.29, 1.82) is 0 Å². The summed E-state index contributed by atoms with van der Waals surface area (Å²) in [4.78, 5) is 26.3. The summed E-state index contributed by atoms with van der Waals surface area (Å²) in [6.45, 7) is 5.79. The van der Waals surface area contributed by atoms with Gasteiger partial charge in [0.05, 0.1) is 28.0 Å². The number of carbonyl (C=O) groups is 1. The lowest BCUT2D eigenvalue weighted by Crippen LogP contribution is -2.29.